The van der Waals surface area contributed by atoms with Gasteiger partial charge >= 0.3 is 162 Å². The number of para-hydroxylation sites is 1. The molecular formula is C61H30B4F37N10O5PS-6. The van der Waals surface area contributed by atoms with Crippen molar-refractivity contribution in [2.75, 3.05) is 13.8 Å². The molecule has 0 radical (unpaired) electrons. The third-order valence-corrected chi connectivity index (χ3v) is 19.4. The Morgan fingerprint density at radius 1 is 0.370 bits per heavy atom. The van der Waals surface area contributed by atoms with E-state index in [0.717, 1.165) is 5.56 Å². The summed E-state index contributed by atoms with van der Waals surface area (Å²) in [6, 6.07) is 5.34. The predicted molar refractivity (Wildman–Crippen MR) is 338 cm³/mol. The van der Waals surface area contributed by atoms with Crippen LogP contribution in [0.15, 0.2) is 132 Å². The molecule has 119 heavy (non-hydrogen) atoms. The molecule has 642 valence electrons. The first kappa shape index (κ1) is 105. The third-order valence-electron chi connectivity index (χ3n) is 15.1. The number of hydrogen-bond acceptors (Lipinski definition) is 12. The third kappa shape index (κ3) is 24.1. The van der Waals surface area contributed by atoms with Gasteiger partial charge in [-0.05, 0) is 80.5 Å². The van der Waals surface area contributed by atoms with Crippen LogP contribution in [-0.4, -0.2) is 75.8 Å². The van der Waals surface area contributed by atoms with Crippen LogP contribution >= 0.6 is 6.88 Å². The zero-order valence-electron chi connectivity index (χ0n) is 57.3. The number of aryl methyl sites for hydroxylation is 1. The molecule has 0 heterocycles. The fourth-order valence-electron chi connectivity index (χ4n) is 8.90. The van der Waals surface area contributed by atoms with Gasteiger partial charge in [-0.15, -0.1) is 0 Å². The van der Waals surface area contributed by atoms with E-state index in [1.165, 1.54) is 49.1 Å². The zero-order chi connectivity index (χ0) is 93.9. The quantitative estimate of drug-likeness (QED) is 0.0408. The fraction of sp³-hybridized carbons (Fsp3) is 0.246. The normalized spacial score (nSPS) is 13.4. The Morgan fingerprint density at radius 3 is 0.739 bits per heavy atom. The Hall–Kier alpha value is -12.0. The maximum atomic E-state index is 14.2. The van der Waals surface area contributed by atoms with Crippen LogP contribution in [0.1, 0.15) is 50.1 Å². The molecule has 0 bridgehead atoms. The van der Waals surface area contributed by atoms with Crippen molar-refractivity contribution >= 4 is 64.2 Å². The number of hydrogen-bond donors (Lipinski definition) is 0. The number of nitriles is 7. The van der Waals surface area contributed by atoms with E-state index in [1.54, 1.807) is 54.4 Å². The second-order valence-corrected chi connectivity index (χ2v) is 29.6. The Bertz CT molecular complexity index is 4690. The number of rotatable bonds is 10. The molecule has 0 amide bonds. The van der Waals surface area contributed by atoms with Gasteiger partial charge in [-0.1, -0.05) is 84.4 Å². The molecule has 0 unspecified atom stereocenters. The van der Waals surface area contributed by atoms with E-state index >= 15 is 0 Å². The van der Waals surface area contributed by atoms with Crippen molar-refractivity contribution in [3.8, 4) is 47.5 Å². The largest absolute Gasteiger partial charge is 0.744 e. The maximum Gasteiger partial charge on any atom is 0.722 e. The van der Waals surface area contributed by atoms with Gasteiger partial charge in [0.05, 0.1) is 55.2 Å². The van der Waals surface area contributed by atoms with Gasteiger partial charge in [0.2, 0.25) is 0 Å². The molecule has 0 saturated carbocycles. The van der Waals surface area contributed by atoms with Crippen LogP contribution in [0.3, 0.4) is 0 Å². The van der Waals surface area contributed by atoms with E-state index in [9.17, 15) is 175 Å². The van der Waals surface area contributed by atoms with E-state index < -0.39 is 261 Å². The topological polar surface area (TPSA) is 255 Å². The summed E-state index contributed by atoms with van der Waals surface area (Å²) in [7, 11) is -3.10. The van der Waals surface area contributed by atoms with Crippen molar-refractivity contribution in [2.24, 2.45) is 0 Å². The van der Waals surface area contributed by atoms with Gasteiger partial charge < -0.3 is 47.8 Å². The van der Waals surface area contributed by atoms with Gasteiger partial charge in [0.15, 0.2) is 0 Å². The molecule has 0 saturated heterocycles. The molecular weight excluding hydrogens is 1760 g/mol. The minimum Gasteiger partial charge on any atom is -0.744 e. The number of alkyl halides is 34. The van der Waals surface area contributed by atoms with E-state index in [-0.39, 0.29) is 4.90 Å². The second kappa shape index (κ2) is 34.9. The van der Waals surface area contributed by atoms with Gasteiger partial charge in [-0.25, -0.2) is 45.3 Å². The minimum absolute atomic E-state index is 0.178. The SMILES string of the molecule is C[P-](F)(F)(F)(C(F)(F)C(F)(F)F)C(F)(F)C(F)(F)F.Cc1ccc(S(=O)(=O)[O-])cc1.FC(F)(F)c1cc([B-](c2cc(C(F)(F)F)cc(C(F)(F)F)c2)(c2cc(C(F)(F)F)cc(C(F)(F)F)c2)c2cc(C(F)(F)F)cc(C(F)(F)F)c2)cc(C(F)(F)F)c1.[C-]#[N+][B-](C#N)(C#N)C#N.[C-]#[N+][B-](C#N)(C#N)OC.[C-]#[N+][B-](C#N)(C#N)Oc1ccccc1. The first-order chi connectivity index (χ1) is 53.0. The van der Waals surface area contributed by atoms with Gasteiger partial charge in [-0.3, -0.25) is 0 Å². The van der Waals surface area contributed by atoms with E-state index in [1.807, 2.05) is 6.92 Å². The Kier molecular flexibility index (Phi) is 30.8. The first-order valence-corrected chi connectivity index (χ1v) is 33.7. The van der Waals surface area contributed by atoms with Gasteiger partial charge in [0, 0.05) is 23.9 Å². The van der Waals surface area contributed by atoms with Crippen molar-refractivity contribution in [3.05, 3.63) is 211 Å². The summed E-state index contributed by atoms with van der Waals surface area (Å²) in [5.74, 6) is 10.6. The average molecular weight is 1790 g/mol. The molecule has 0 aliphatic carbocycles. The van der Waals surface area contributed by atoms with Crippen molar-refractivity contribution in [2.45, 2.75) is 84.9 Å². The van der Waals surface area contributed by atoms with E-state index in [4.69, 9.17) is 61.2 Å². The summed E-state index contributed by atoms with van der Waals surface area (Å²) >= 11 is 0. The summed E-state index contributed by atoms with van der Waals surface area (Å²) < 4.78 is 547. The summed E-state index contributed by atoms with van der Waals surface area (Å²) in [5, 5.41) is 58.0. The van der Waals surface area contributed by atoms with Crippen molar-refractivity contribution in [1.82, 2.24) is 0 Å². The Labute approximate surface area is 641 Å². The molecule has 0 aromatic heterocycles. The molecule has 0 spiro atoms. The maximum absolute atomic E-state index is 14.2. The molecule has 6 aromatic rings. The summed E-state index contributed by atoms with van der Waals surface area (Å²) in [4.78, 5) is -0.178. The predicted octanol–water partition coefficient (Wildman–Crippen LogP) is 19.5. The molecule has 6 aromatic carbocycles. The Balaban J connectivity index is 0.000000909. The molecule has 6 rings (SSSR count). The molecule has 0 fully saturated rings. The summed E-state index contributed by atoms with van der Waals surface area (Å²) in [5.41, 5.74) is -45.6. The molecule has 0 N–H and O–H groups in total. The van der Waals surface area contributed by atoms with Gasteiger partial charge in [0.25, 0.3) is 0 Å². The summed E-state index contributed by atoms with van der Waals surface area (Å²) in [6.45, 7) is 1.60. The zero-order valence-corrected chi connectivity index (χ0v) is 59.0. The minimum atomic E-state index is -12.1. The average Bonchev–Trinajstić information content (AvgIpc) is 0.647. The molecule has 0 aliphatic heterocycles. The Morgan fingerprint density at radius 2 is 0.597 bits per heavy atom. The van der Waals surface area contributed by atoms with Crippen LogP contribution in [-0.2, 0) is 64.2 Å². The van der Waals surface area contributed by atoms with Crippen molar-refractivity contribution < 1.29 is 184 Å². The van der Waals surface area contributed by atoms with E-state index in [0.29, 0.717) is 5.75 Å². The number of nitrogens with zero attached hydrogens (tertiary/aromatic N) is 10. The molecule has 58 heteroatoms. The van der Waals surface area contributed by atoms with Crippen LogP contribution in [0.25, 0.3) is 14.3 Å². The summed E-state index contributed by atoms with van der Waals surface area (Å²) in [6.07, 6.45) is -72.8. The monoisotopic (exact) mass is 1790 g/mol. The van der Waals surface area contributed by atoms with Gasteiger partial charge in [-0.2, -0.15) is 127 Å². The number of halogens is 37. The molecule has 15 nitrogen and oxygen atoms in total. The molecule has 0 atom stereocenters. The van der Waals surface area contributed by atoms with Crippen molar-refractivity contribution in [1.29, 1.82) is 36.8 Å². The fourth-order valence-corrected chi connectivity index (χ4v) is 11.1. The smallest absolute Gasteiger partial charge is 0.722 e. The van der Waals surface area contributed by atoms with Crippen LogP contribution < -0.4 is 26.5 Å². The van der Waals surface area contributed by atoms with Crippen LogP contribution in [0, 0.1) is 105 Å². The van der Waals surface area contributed by atoms with Crippen LogP contribution in [0.4, 0.5) is 162 Å². The molecule has 0 aliphatic rings. The van der Waals surface area contributed by atoms with Gasteiger partial charge in [0.1, 0.15) is 16.3 Å². The number of benzene rings is 6. The van der Waals surface area contributed by atoms with E-state index in [2.05, 4.69) is 18.9 Å². The second-order valence-electron chi connectivity index (χ2n) is 23.6. The standard InChI is InChI=1S/C32H12BF24.C9H5BN3O.C7H8O3S.C5H3F13P.C4BN4.C4H3BN3O/c34-25(35,36)13-1-14(26(37,38)39)6-21(5-13)33(22-7-15(27(40,41)42)2-16(8-22)28(43,44)45,23-9-17(29(46,47)48)3-18(10-23)30(49,50)51)24-11-19(31(52,53)54)4-20(12-24)32(55,56)57;1-13-10(7-11,8-12)14-9-5-3-2-4-6-9;1-6-2-4-7(5-3-6)11(8,9)10;1-19(16,17,18,4(12,13)2(6,7)8)5(14,15)3(9,10)11;1-9-5(2-6,3-7)4-8;1-8-5(3-6,4-7)9-2/h1-12H;2-6H;2-5H,1H3,(H,8,9,10);1H3;;2H3/q2*-1;;3*-1/p-1. The van der Waals surface area contributed by atoms with Crippen molar-refractivity contribution in [3.63, 3.8) is 0 Å². The first-order valence-electron chi connectivity index (χ1n) is 29.5. The van der Waals surface area contributed by atoms with Crippen LogP contribution in [0.2, 0.25) is 0 Å². The van der Waals surface area contributed by atoms with Crippen LogP contribution in [0.5, 0.6) is 5.75 Å².